The highest BCUT2D eigenvalue weighted by Crippen LogP contribution is 2.35. The third-order valence-electron chi connectivity index (χ3n) is 3.77. The topological polar surface area (TPSA) is 70.5 Å². The van der Waals surface area contributed by atoms with Crippen LogP contribution in [-0.2, 0) is 4.79 Å². The predicted octanol–water partition coefficient (Wildman–Crippen LogP) is 2.70. The largest absolute Gasteiger partial charge is 0.479 e. The minimum absolute atomic E-state index is 0.252. The van der Waals surface area contributed by atoms with E-state index in [4.69, 9.17) is 0 Å². The number of rotatable bonds is 4. The van der Waals surface area contributed by atoms with Crippen LogP contribution >= 0.6 is 15.9 Å². The molecule has 2 rings (SSSR count). The molecule has 1 amide bonds. The molecule has 6 heteroatoms. The Morgan fingerprint density at radius 1 is 1.50 bits per heavy atom. The zero-order valence-electron chi connectivity index (χ0n) is 11.3. The van der Waals surface area contributed by atoms with Crippen LogP contribution in [0.25, 0.3) is 0 Å². The number of nitrogens with zero attached hydrogens (tertiary/aromatic N) is 2. The molecule has 1 aliphatic heterocycles. The molecule has 1 aliphatic rings. The van der Waals surface area contributed by atoms with Gasteiger partial charge in [-0.1, -0.05) is 13.3 Å². The fourth-order valence-electron chi connectivity index (χ4n) is 2.84. The standard InChI is InChI=1S/C14H17BrN2O3/c1-2-6-14(13(19)20)7-3-8-17(14)12(18)10-4-5-11(15)16-9-10/h4-5,9H,2-3,6-8H2,1H3,(H,19,20). The molecule has 1 N–H and O–H groups in total. The molecule has 1 aromatic heterocycles. The summed E-state index contributed by atoms with van der Waals surface area (Å²) in [4.78, 5) is 29.8. The molecule has 108 valence electrons. The zero-order chi connectivity index (χ0) is 14.8. The number of hydrogen-bond acceptors (Lipinski definition) is 3. The van der Waals surface area contributed by atoms with E-state index in [1.165, 1.54) is 11.1 Å². The third-order valence-corrected chi connectivity index (χ3v) is 4.24. The summed E-state index contributed by atoms with van der Waals surface area (Å²) >= 11 is 3.22. The Balaban J connectivity index is 2.32. The van der Waals surface area contributed by atoms with Crippen molar-refractivity contribution in [2.45, 2.75) is 38.1 Å². The van der Waals surface area contributed by atoms with Crippen molar-refractivity contribution in [2.24, 2.45) is 0 Å². The lowest BCUT2D eigenvalue weighted by molar-refractivity contribution is -0.148. The van der Waals surface area contributed by atoms with Crippen LogP contribution in [0.15, 0.2) is 22.9 Å². The van der Waals surface area contributed by atoms with Gasteiger partial charge in [0.15, 0.2) is 0 Å². The van der Waals surface area contributed by atoms with Crippen LogP contribution in [-0.4, -0.2) is 39.0 Å². The summed E-state index contributed by atoms with van der Waals surface area (Å²) in [5.41, 5.74) is -0.629. The van der Waals surface area contributed by atoms with Crippen molar-refractivity contribution in [1.82, 2.24) is 9.88 Å². The van der Waals surface area contributed by atoms with Gasteiger partial charge in [0.05, 0.1) is 5.56 Å². The van der Waals surface area contributed by atoms with Crippen molar-refractivity contribution in [3.8, 4) is 0 Å². The van der Waals surface area contributed by atoms with Crippen molar-refractivity contribution < 1.29 is 14.7 Å². The Morgan fingerprint density at radius 2 is 2.25 bits per heavy atom. The molecule has 0 spiro atoms. The van der Waals surface area contributed by atoms with E-state index in [1.54, 1.807) is 12.1 Å². The number of pyridine rings is 1. The summed E-state index contributed by atoms with van der Waals surface area (Å²) in [5.74, 6) is -1.16. The first-order chi connectivity index (χ1) is 9.51. The monoisotopic (exact) mass is 340 g/mol. The molecule has 0 bridgehead atoms. The van der Waals surface area contributed by atoms with Crippen LogP contribution in [0.2, 0.25) is 0 Å². The van der Waals surface area contributed by atoms with E-state index in [1.807, 2.05) is 6.92 Å². The first kappa shape index (κ1) is 15.0. The van der Waals surface area contributed by atoms with Crippen LogP contribution in [0, 0.1) is 0 Å². The molecule has 0 aliphatic carbocycles. The van der Waals surface area contributed by atoms with Crippen molar-refractivity contribution >= 4 is 27.8 Å². The highest BCUT2D eigenvalue weighted by atomic mass is 79.9. The first-order valence-electron chi connectivity index (χ1n) is 6.68. The maximum absolute atomic E-state index is 12.6. The lowest BCUT2D eigenvalue weighted by atomic mass is 9.90. The number of carbonyl (C=O) groups excluding carboxylic acids is 1. The molecule has 1 unspecified atom stereocenters. The van der Waals surface area contributed by atoms with Gasteiger partial charge in [-0.15, -0.1) is 0 Å². The molecular formula is C14H17BrN2O3. The van der Waals surface area contributed by atoms with E-state index in [0.717, 1.165) is 12.8 Å². The number of carboxylic acid groups (broad SMARTS) is 1. The SMILES string of the molecule is CCCC1(C(=O)O)CCCN1C(=O)c1ccc(Br)nc1. The van der Waals surface area contributed by atoms with Crippen molar-refractivity contribution in [2.75, 3.05) is 6.54 Å². The summed E-state index contributed by atoms with van der Waals surface area (Å²) in [5, 5.41) is 9.59. The van der Waals surface area contributed by atoms with E-state index in [-0.39, 0.29) is 5.91 Å². The second kappa shape index (κ2) is 5.91. The second-order valence-corrected chi connectivity index (χ2v) is 5.83. The second-order valence-electron chi connectivity index (χ2n) is 5.02. The molecule has 0 aromatic carbocycles. The van der Waals surface area contributed by atoms with Crippen LogP contribution in [0.5, 0.6) is 0 Å². The Labute approximate surface area is 126 Å². The van der Waals surface area contributed by atoms with Crippen LogP contribution < -0.4 is 0 Å². The Morgan fingerprint density at radius 3 is 2.80 bits per heavy atom. The summed E-state index contributed by atoms with van der Waals surface area (Å²) < 4.78 is 0.647. The van der Waals surface area contributed by atoms with E-state index in [9.17, 15) is 14.7 Å². The molecule has 1 aromatic rings. The lowest BCUT2D eigenvalue weighted by Gasteiger charge is -2.34. The Kier molecular flexibility index (Phi) is 4.42. The van der Waals surface area contributed by atoms with Crippen LogP contribution in [0.4, 0.5) is 0 Å². The lowest BCUT2D eigenvalue weighted by Crippen LogP contribution is -2.53. The molecular weight excluding hydrogens is 324 g/mol. The molecule has 1 atom stereocenters. The number of aliphatic carboxylic acids is 1. The highest BCUT2D eigenvalue weighted by molar-refractivity contribution is 9.10. The number of amides is 1. The van der Waals surface area contributed by atoms with Gasteiger partial charge in [-0.2, -0.15) is 0 Å². The molecule has 5 nitrogen and oxygen atoms in total. The Bertz CT molecular complexity index is 518. The average Bonchev–Trinajstić information content (AvgIpc) is 2.84. The molecule has 0 saturated carbocycles. The smallest absolute Gasteiger partial charge is 0.329 e. The molecule has 1 saturated heterocycles. The predicted molar refractivity (Wildman–Crippen MR) is 77.5 cm³/mol. The maximum atomic E-state index is 12.6. The van der Waals surface area contributed by atoms with Gasteiger partial charge < -0.3 is 10.0 Å². The number of carbonyl (C=O) groups is 2. The summed E-state index contributed by atoms with van der Waals surface area (Å²) in [6.07, 6.45) is 3.93. The van der Waals surface area contributed by atoms with E-state index >= 15 is 0 Å². The normalized spacial score (nSPS) is 22.0. The number of halogens is 1. The number of likely N-dealkylation sites (tertiary alicyclic amines) is 1. The summed E-state index contributed by atoms with van der Waals surface area (Å²) in [7, 11) is 0. The minimum Gasteiger partial charge on any atom is -0.479 e. The van der Waals surface area contributed by atoms with Gasteiger partial charge in [0.25, 0.3) is 5.91 Å². The van der Waals surface area contributed by atoms with E-state index < -0.39 is 11.5 Å². The first-order valence-corrected chi connectivity index (χ1v) is 7.47. The molecule has 0 radical (unpaired) electrons. The van der Waals surface area contributed by atoms with Crippen molar-refractivity contribution in [3.63, 3.8) is 0 Å². The molecule has 20 heavy (non-hydrogen) atoms. The van der Waals surface area contributed by atoms with Gasteiger partial charge >= 0.3 is 5.97 Å². The summed E-state index contributed by atoms with van der Waals surface area (Å²) in [6, 6.07) is 3.35. The van der Waals surface area contributed by atoms with Gasteiger partial charge in [-0.25, -0.2) is 9.78 Å². The molecule has 1 fully saturated rings. The quantitative estimate of drug-likeness (QED) is 0.855. The molecule has 2 heterocycles. The number of hydrogen-bond donors (Lipinski definition) is 1. The third kappa shape index (κ3) is 2.57. The van der Waals surface area contributed by atoms with Crippen LogP contribution in [0.1, 0.15) is 43.0 Å². The van der Waals surface area contributed by atoms with Gasteiger partial charge in [-0.3, -0.25) is 4.79 Å². The Hall–Kier alpha value is -1.43. The fraction of sp³-hybridized carbons (Fsp3) is 0.500. The van der Waals surface area contributed by atoms with Gasteiger partial charge in [-0.05, 0) is 47.3 Å². The van der Waals surface area contributed by atoms with E-state index in [2.05, 4.69) is 20.9 Å². The zero-order valence-corrected chi connectivity index (χ0v) is 12.9. The van der Waals surface area contributed by atoms with E-state index in [0.29, 0.717) is 29.6 Å². The number of aromatic nitrogens is 1. The van der Waals surface area contributed by atoms with Crippen molar-refractivity contribution in [1.29, 1.82) is 0 Å². The fourth-order valence-corrected chi connectivity index (χ4v) is 3.07. The maximum Gasteiger partial charge on any atom is 0.329 e. The highest BCUT2D eigenvalue weighted by Gasteiger charge is 2.49. The number of carboxylic acids is 1. The van der Waals surface area contributed by atoms with Gasteiger partial charge in [0.2, 0.25) is 0 Å². The van der Waals surface area contributed by atoms with Gasteiger partial charge in [0, 0.05) is 12.7 Å². The van der Waals surface area contributed by atoms with Crippen LogP contribution in [0.3, 0.4) is 0 Å². The minimum atomic E-state index is -1.06. The van der Waals surface area contributed by atoms with Gasteiger partial charge in [0.1, 0.15) is 10.1 Å². The van der Waals surface area contributed by atoms with Crippen molar-refractivity contribution in [3.05, 3.63) is 28.5 Å². The average molecular weight is 341 g/mol. The summed E-state index contributed by atoms with van der Waals surface area (Å²) in [6.45, 7) is 2.42.